The quantitative estimate of drug-likeness (QED) is 0.777. The van der Waals surface area contributed by atoms with Crippen LogP contribution in [0.25, 0.3) is 21.5 Å². The summed E-state index contributed by atoms with van der Waals surface area (Å²) < 4.78 is 18.5. The van der Waals surface area contributed by atoms with E-state index >= 15 is 0 Å². The Balaban J connectivity index is 2.14. The molecule has 5 nitrogen and oxygen atoms in total. The molecule has 7 heteroatoms. The highest BCUT2D eigenvalue weighted by molar-refractivity contribution is 7.15. The van der Waals surface area contributed by atoms with Gasteiger partial charge in [-0.25, -0.2) is 9.37 Å². The number of nitrogens with zero attached hydrogens (tertiary/aromatic N) is 1. The van der Waals surface area contributed by atoms with E-state index in [4.69, 9.17) is 14.9 Å². The number of carboxylic acid groups (broad SMARTS) is 1. The number of fused-ring (bicyclic) bond motifs is 1. The van der Waals surface area contributed by atoms with Crippen LogP contribution in [0.1, 0.15) is 10.6 Å². The smallest absolute Gasteiger partial charge is 0.308 e. The normalized spacial score (nSPS) is 11.0. The summed E-state index contributed by atoms with van der Waals surface area (Å²) in [6.45, 7) is 1.73. The molecule has 3 aromatic rings. The molecule has 2 aromatic heterocycles. The maximum absolute atomic E-state index is 13.2. The summed E-state index contributed by atoms with van der Waals surface area (Å²) in [5.41, 5.74) is 1.24. The molecule has 0 saturated heterocycles. The Labute approximate surface area is 128 Å². The third kappa shape index (κ3) is 2.62. The van der Waals surface area contributed by atoms with Crippen molar-refractivity contribution in [2.75, 3.05) is 0 Å². The molecule has 0 fully saturated rings. The SMILES string of the molecule is Cc1nc(-c2cc3ccc(F)cc3oc2=N)sc1CC(=O)O. The number of halogens is 1. The van der Waals surface area contributed by atoms with Crippen LogP contribution in [0.15, 0.2) is 28.7 Å². The Hall–Kier alpha value is -2.54. The van der Waals surface area contributed by atoms with Crippen molar-refractivity contribution in [2.24, 2.45) is 0 Å². The number of hydrogen-bond acceptors (Lipinski definition) is 5. The zero-order valence-corrected chi connectivity index (χ0v) is 12.3. The van der Waals surface area contributed by atoms with E-state index in [0.717, 1.165) is 0 Å². The number of aromatic nitrogens is 1. The van der Waals surface area contributed by atoms with Gasteiger partial charge in [-0.15, -0.1) is 11.3 Å². The Morgan fingerprint density at radius 1 is 1.45 bits per heavy atom. The first-order valence-corrected chi connectivity index (χ1v) is 7.22. The van der Waals surface area contributed by atoms with Gasteiger partial charge >= 0.3 is 5.97 Å². The lowest BCUT2D eigenvalue weighted by molar-refractivity contribution is -0.136. The van der Waals surface area contributed by atoms with Crippen molar-refractivity contribution in [3.63, 3.8) is 0 Å². The second-order valence-corrected chi connectivity index (χ2v) is 5.85. The van der Waals surface area contributed by atoms with Crippen molar-refractivity contribution >= 4 is 28.3 Å². The second kappa shape index (κ2) is 5.34. The predicted molar refractivity (Wildman–Crippen MR) is 79.2 cm³/mol. The van der Waals surface area contributed by atoms with Crippen molar-refractivity contribution in [3.05, 3.63) is 46.2 Å². The van der Waals surface area contributed by atoms with E-state index in [2.05, 4.69) is 4.98 Å². The molecule has 2 N–H and O–H groups in total. The van der Waals surface area contributed by atoms with Crippen LogP contribution in [0.5, 0.6) is 0 Å². The average Bonchev–Trinajstić information content (AvgIpc) is 2.78. The van der Waals surface area contributed by atoms with Crippen molar-refractivity contribution in [1.82, 2.24) is 4.98 Å². The van der Waals surface area contributed by atoms with Crippen LogP contribution in [0, 0.1) is 18.2 Å². The Kier molecular flexibility index (Phi) is 3.50. The number of nitrogens with one attached hydrogen (secondary N) is 1. The topological polar surface area (TPSA) is 87.2 Å². The number of benzene rings is 1. The molecule has 0 bridgehead atoms. The highest BCUT2D eigenvalue weighted by atomic mass is 32.1. The fourth-order valence-electron chi connectivity index (χ4n) is 2.11. The van der Waals surface area contributed by atoms with E-state index in [0.29, 0.717) is 26.5 Å². The molecule has 0 amide bonds. The molecule has 0 unspecified atom stereocenters. The number of aliphatic carboxylic acids is 1. The minimum Gasteiger partial charge on any atom is -0.481 e. The summed E-state index contributed by atoms with van der Waals surface area (Å²) in [6, 6.07) is 5.80. The molecule has 0 atom stereocenters. The van der Waals surface area contributed by atoms with Crippen LogP contribution in [-0.2, 0) is 11.2 Å². The largest absolute Gasteiger partial charge is 0.481 e. The van der Waals surface area contributed by atoms with Gasteiger partial charge in [-0.05, 0) is 25.1 Å². The minimum absolute atomic E-state index is 0.104. The van der Waals surface area contributed by atoms with Gasteiger partial charge in [0.05, 0.1) is 17.7 Å². The van der Waals surface area contributed by atoms with Gasteiger partial charge in [0.2, 0.25) is 5.55 Å². The molecular weight excluding hydrogens is 307 g/mol. The van der Waals surface area contributed by atoms with E-state index in [9.17, 15) is 9.18 Å². The van der Waals surface area contributed by atoms with Crippen LogP contribution < -0.4 is 5.55 Å². The average molecular weight is 318 g/mol. The van der Waals surface area contributed by atoms with Crippen molar-refractivity contribution in [3.8, 4) is 10.6 Å². The summed E-state index contributed by atoms with van der Waals surface area (Å²) in [4.78, 5) is 15.8. The van der Waals surface area contributed by atoms with Crippen molar-refractivity contribution < 1.29 is 18.7 Å². The molecule has 1 aromatic carbocycles. The Bertz CT molecular complexity index is 946. The third-order valence-electron chi connectivity index (χ3n) is 3.17. The molecule has 2 heterocycles. The Morgan fingerprint density at radius 3 is 2.95 bits per heavy atom. The van der Waals surface area contributed by atoms with Gasteiger partial charge in [0, 0.05) is 16.3 Å². The first kappa shape index (κ1) is 14.4. The summed E-state index contributed by atoms with van der Waals surface area (Å²) in [7, 11) is 0. The molecule has 0 radical (unpaired) electrons. The van der Waals surface area contributed by atoms with Crippen LogP contribution >= 0.6 is 11.3 Å². The van der Waals surface area contributed by atoms with Gasteiger partial charge < -0.3 is 9.52 Å². The molecule has 0 aliphatic heterocycles. The molecular formula is C15H11FN2O3S. The molecule has 0 aliphatic carbocycles. The van der Waals surface area contributed by atoms with Gasteiger partial charge in [0.1, 0.15) is 16.4 Å². The lowest BCUT2D eigenvalue weighted by Gasteiger charge is -2.01. The minimum atomic E-state index is -0.928. The zero-order chi connectivity index (χ0) is 15.9. The van der Waals surface area contributed by atoms with E-state index in [1.807, 2.05) is 0 Å². The monoisotopic (exact) mass is 318 g/mol. The van der Waals surface area contributed by atoms with E-state index in [1.54, 1.807) is 19.1 Å². The van der Waals surface area contributed by atoms with E-state index in [-0.39, 0.29) is 17.6 Å². The molecule has 22 heavy (non-hydrogen) atoms. The number of aryl methyl sites for hydroxylation is 1. The number of thiazole rings is 1. The standard InChI is InChI=1S/C15H11FN2O3S/c1-7-12(6-13(19)20)22-15(18-7)10-4-8-2-3-9(16)5-11(8)21-14(10)17/h2-5,17H,6H2,1H3,(H,19,20). The highest BCUT2D eigenvalue weighted by Crippen LogP contribution is 2.28. The van der Waals surface area contributed by atoms with Crippen LogP contribution in [0.3, 0.4) is 0 Å². The predicted octanol–water partition coefficient (Wildman–Crippen LogP) is 3.11. The summed E-state index contributed by atoms with van der Waals surface area (Å²) in [6.07, 6.45) is -0.104. The second-order valence-electron chi connectivity index (χ2n) is 4.77. The van der Waals surface area contributed by atoms with Crippen molar-refractivity contribution in [2.45, 2.75) is 13.3 Å². The molecule has 3 rings (SSSR count). The van der Waals surface area contributed by atoms with E-state index < -0.39 is 11.8 Å². The first-order chi connectivity index (χ1) is 10.4. The maximum atomic E-state index is 13.2. The van der Waals surface area contributed by atoms with Gasteiger partial charge in [0.15, 0.2) is 0 Å². The lowest BCUT2D eigenvalue weighted by Crippen LogP contribution is -2.02. The zero-order valence-electron chi connectivity index (χ0n) is 11.5. The number of hydrogen-bond donors (Lipinski definition) is 2. The number of carbonyl (C=O) groups is 1. The fourth-order valence-corrected chi connectivity index (χ4v) is 3.17. The Morgan fingerprint density at radius 2 is 2.23 bits per heavy atom. The van der Waals surface area contributed by atoms with E-state index in [1.165, 1.54) is 23.5 Å². The maximum Gasteiger partial charge on any atom is 0.308 e. The lowest BCUT2D eigenvalue weighted by atomic mass is 10.2. The van der Waals surface area contributed by atoms with Gasteiger partial charge in [-0.1, -0.05) is 0 Å². The molecule has 112 valence electrons. The third-order valence-corrected chi connectivity index (χ3v) is 4.36. The molecule has 0 spiro atoms. The first-order valence-electron chi connectivity index (χ1n) is 6.40. The van der Waals surface area contributed by atoms with Gasteiger partial charge in [-0.2, -0.15) is 0 Å². The number of rotatable bonds is 3. The summed E-state index contributed by atoms with van der Waals surface area (Å²) in [5.74, 6) is -1.36. The molecule has 0 saturated carbocycles. The molecule has 0 aliphatic rings. The van der Waals surface area contributed by atoms with Gasteiger partial charge in [-0.3, -0.25) is 10.2 Å². The van der Waals surface area contributed by atoms with Crippen LogP contribution in [-0.4, -0.2) is 16.1 Å². The number of carboxylic acids is 1. The fraction of sp³-hybridized carbons (Fsp3) is 0.133. The highest BCUT2D eigenvalue weighted by Gasteiger charge is 2.15. The van der Waals surface area contributed by atoms with Crippen LogP contribution in [0.4, 0.5) is 4.39 Å². The summed E-state index contributed by atoms with van der Waals surface area (Å²) in [5, 5.41) is 18.0. The van der Waals surface area contributed by atoms with Crippen molar-refractivity contribution in [1.29, 1.82) is 5.41 Å². The van der Waals surface area contributed by atoms with Crippen LogP contribution in [0.2, 0.25) is 0 Å². The summed E-state index contributed by atoms with van der Waals surface area (Å²) >= 11 is 1.22. The van der Waals surface area contributed by atoms with Gasteiger partial charge in [0.25, 0.3) is 0 Å².